The van der Waals surface area contributed by atoms with Crippen molar-refractivity contribution in [1.82, 2.24) is 4.72 Å². The van der Waals surface area contributed by atoms with Crippen molar-refractivity contribution in [3.63, 3.8) is 0 Å². The first-order chi connectivity index (χ1) is 10.0. The van der Waals surface area contributed by atoms with E-state index in [0.29, 0.717) is 11.1 Å². The maximum atomic E-state index is 12.4. The van der Waals surface area contributed by atoms with Crippen LogP contribution < -0.4 is 10.5 Å². The highest BCUT2D eigenvalue weighted by atomic mass is 32.2. The number of sulfonamides is 1. The quantitative estimate of drug-likeness (QED) is 0.845. The molecule has 1 heterocycles. The third-order valence-corrected chi connectivity index (χ3v) is 5.25. The Bertz CT molecular complexity index is 770. The molecular formula is C15H16N2O2S2. The summed E-state index contributed by atoms with van der Waals surface area (Å²) in [7, 11) is -3.56. The van der Waals surface area contributed by atoms with Gasteiger partial charge in [-0.1, -0.05) is 24.0 Å². The number of thiophene rings is 1. The molecule has 0 unspecified atom stereocenters. The minimum absolute atomic E-state index is 0.243. The average Bonchev–Trinajstić information content (AvgIpc) is 2.97. The molecule has 2 rings (SSSR count). The van der Waals surface area contributed by atoms with Crippen molar-refractivity contribution in [3.05, 3.63) is 51.7 Å². The highest BCUT2D eigenvalue weighted by Crippen LogP contribution is 2.17. The molecule has 21 heavy (non-hydrogen) atoms. The Morgan fingerprint density at radius 1 is 1.33 bits per heavy atom. The molecular weight excluding hydrogens is 304 g/mol. The smallest absolute Gasteiger partial charge is 0.241 e. The van der Waals surface area contributed by atoms with E-state index >= 15 is 0 Å². The summed E-state index contributed by atoms with van der Waals surface area (Å²) in [6.07, 6.45) is 0. The van der Waals surface area contributed by atoms with Gasteiger partial charge in [0.2, 0.25) is 10.0 Å². The zero-order valence-corrected chi connectivity index (χ0v) is 13.2. The molecule has 0 aliphatic carbocycles. The van der Waals surface area contributed by atoms with Gasteiger partial charge in [-0.2, -0.15) is 0 Å². The first-order valence-electron chi connectivity index (χ1n) is 6.34. The van der Waals surface area contributed by atoms with Gasteiger partial charge in [-0.05, 0) is 36.1 Å². The van der Waals surface area contributed by atoms with Gasteiger partial charge in [-0.15, -0.1) is 11.3 Å². The van der Waals surface area contributed by atoms with E-state index in [1.165, 1.54) is 11.3 Å². The largest absolute Gasteiger partial charge is 0.320 e. The van der Waals surface area contributed by atoms with Gasteiger partial charge in [-0.3, -0.25) is 0 Å². The van der Waals surface area contributed by atoms with Crippen molar-refractivity contribution < 1.29 is 8.42 Å². The fourth-order valence-corrected chi connectivity index (χ4v) is 3.79. The summed E-state index contributed by atoms with van der Waals surface area (Å²) in [6.45, 7) is 2.30. The van der Waals surface area contributed by atoms with Gasteiger partial charge in [0.25, 0.3) is 0 Å². The van der Waals surface area contributed by atoms with Gasteiger partial charge in [0, 0.05) is 17.0 Å². The van der Waals surface area contributed by atoms with Gasteiger partial charge in [-0.25, -0.2) is 13.1 Å². The Hall–Kier alpha value is -1.65. The topological polar surface area (TPSA) is 72.2 Å². The molecule has 3 N–H and O–H groups in total. The zero-order valence-electron chi connectivity index (χ0n) is 11.6. The van der Waals surface area contributed by atoms with Crippen molar-refractivity contribution in [1.29, 1.82) is 0 Å². The lowest BCUT2D eigenvalue weighted by molar-refractivity contribution is 0.581. The lowest BCUT2D eigenvalue weighted by Crippen LogP contribution is -2.23. The number of nitrogens with two attached hydrogens (primary N) is 1. The number of nitrogens with one attached hydrogen (secondary N) is 1. The van der Waals surface area contributed by atoms with E-state index in [1.807, 2.05) is 17.5 Å². The number of rotatable bonds is 4. The second-order valence-electron chi connectivity index (χ2n) is 4.39. The van der Waals surface area contributed by atoms with Crippen LogP contribution in [0.4, 0.5) is 0 Å². The van der Waals surface area contributed by atoms with Crippen LogP contribution in [0.2, 0.25) is 0 Å². The molecule has 0 aliphatic heterocycles. The van der Waals surface area contributed by atoms with Crippen molar-refractivity contribution in [2.75, 3.05) is 6.54 Å². The van der Waals surface area contributed by atoms with E-state index in [2.05, 4.69) is 16.6 Å². The maximum absolute atomic E-state index is 12.4. The molecule has 0 radical (unpaired) electrons. The molecule has 0 fully saturated rings. The predicted octanol–water partition coefficient (Wildman–Crippen LogP) is 1.85. The van der Waals surface area contributed by atoms with Gasteiger partial charge in [0.15, 0.2) is 0 Å². The van der Waals surface area contributed by atoms with Crippen LogP contribution in [0.1, 0.15) is 16.0 Å². The summed E-state index contributed by atoms with van der Waals surface area (Å²) >= 11 is 1.51. The summed E-state index contributed by atoms with van der Waals surface area (Å²) in [5.74, 6) is 5.57. The molecule has 0 spiro atoms. The number of benzene rings is 1. The first-order valence-corrected chi connectivity index (χ1v) is 8.71. The minimum atomic E-state index is -3.56. The lowest BCUT2D eigenvalue weighted by atomic mass is 10.1. The molecule has 2 aromatic rings. The predicted molar refractivity (Wildman–Crippen MR) is 85.5 cm³/mol. The van der Waals surface area contributed by atoms with Gasteiger partial charge < -0.3 is 5.73 Å². The molecule has 0 saturated carbocycles. The van der Waals surface area contributed by atoms with Crippen molar-refractivity contribution in [2.45, 2.75) is 18.4 Å². The highest BCUT2D eigenvalue weighted by molar-refractivity contribution is 7.89. The third kappa shape index (κ3) is 4.16. The van der Waals surface area contributed by atoms with Crippen molar-refractivity contribution in [2.24, 2.45) is 5.73 Å². The Labute approximate surface area is 129 Å². The Morgan fingerprint density at radius 2 is 2.14 bits per heavy atom. The van der Waals surface area contributed by atoms with E-state index in [4.69, 9.17) is 5.73 Å². The highest BCUT2D eigenvalue weighted by Gasteiger charge is 2.17. The zero-order chi connectivity index (χ0) is 15.3. The fraction of sp³-hybridized carbons (Fsp3) is 0.200. The third-order valence-electron chi connectivity index (χ3n) is 2.83. The molecule has 1 aromatic heterocycles. The second kappa shape index (κ2) is 6.87. The first kappa shape index (κ1) is 15.7. The van der Waals surface area contributed by atoms with E-state index in [1.54, 1.807) is 25.1 Å². The summed E-state index contributed by atoms with van der Waals surface area (Å²) in [5, 5.41) is 1.91. The van der Waals surface area contributed by atoms with E-state index in [9.17, 15) is 8.42 Å². The Morgan fingerprint density at radius 3 is 2.81 bits per heavy atom. The summed E-state index contributed by atoms with van der Waals surface area (Å²) in [5.41, 5.74) is 6.66. The van der Waals surface area contributed by atoms with Gasteiger partial charge >= 0.3 is 0 Å². The Kier molecular flexibility index (Phi) is 5.15. The second-order valence-corrected chi connectivity index (χ2v) is 7.16. The summed E-state index contributed by atoms with van der Waals surface area (Å²) in [4.78, 5) is 1.22. The van der Waals surface area contributed by atoms with Crippen LogP contribution in [0.15, 0.2) is 40.6 Å². The van der Waals surface area contributed by atoms with Crippen LogP contribution in [-0.2, 0) is 16.6 Å². The number of hydrogen-bond acceptors (Lipinski definition) is 4. The summed E-state index contributed by atoms with van der Waals surface area (Å²) < 4.78 is 27.4. The van der Waals surface area contributed by atoms with Crippen LogP contribution in [-0.4, -0.2) is 15.0 Å². The van der Waals surface area contributed by atoms with Crippen LogP contribution in [0, 0.1) is 18.8 Å². The molecule has 0 aliphatic rings. The molecule has 110 valence electrons. The SMILES string of the molecule is Cc1ccc(C#CCN)cc1S(=O)(=O)NCc1cccs1. The number of hydrogen-bond donors (Lipinski definition) is 2. The van der Waals surface area contributed by atoms with E-state index in [-0.39, 0.29) is 18.0 Å². The molecule has 0 saturated heterocycles. The van der Waals surface area contributed by atoms with Gasteiger partial charge in [0.05, 0.1) is 11.4 Å². The molecule has 0 atom stereocenters. The van der Waals surface area contributed by atoms with Crippen molar-refractivity contribution in [3.8, 4) is 11.8 Å². The molecule has 1 aromatic carbocycles. The van der Waals surface area contributed by atoms with Gasteiger partial charge in [0.1, 0.15) is 0 Å². The maximum Gasteiger partial charge on any atom is 0.241 e. The van der Waals surface area contributed by atoms with E-state index in [0.717, 1.165) is 4.88 Å². The normalized spacial score (nSPS) is 11.0. The van der Waals surface area contributed by atoms with Crippen molar-refractivity contribution >= 4 is 21.4 Å². The van der Waals surface area contributed by atoms with Crippen LogP contribution in [0.3, 0.4) is 0 Å². The fourth-order valence-electron chi connectivity index (χ4n) is 1.78. The van der Waals surface area contributed by atoms with Crippen LogP contribution >= 0.6 is 11.3 Å². The minimum Gasteiger partial charge on any atom is -0.320 e. The van der Waals surface area contributed by atoms with E-state index < -0.39 is 10.0 Å². The molecule has 0 amide bonds. The monoisotopic (exact) mass is 320 g/mol. The standard InChI is InChI=1S/C15H16N2O2S2/c1-12-6-7-13(4-2-8-16)10-15(12)21(18,19)17-11-14-5-3-9-20-14/h3,5-7,9-10,17H,8,11,16H2,1H3. The molecule has 0 bridgehead atoms. The lowest BCUT2D eigenvalue weighted by Gasteiger charge is -2.09. The number of aryl methyl sites for hydroxylation is 1. The van der Waals surface area contributed by atoms with Crippen LogP contribution in [0.25, 0.3) is 0 Å². The molecule has 6 heteroatoms. The Balaban J connectivity index is 2.26. The van der Waals surface area contributed by atoms with Crippen LogP contribution in [0.5, 0.6) is 0 Å². The summed E-state index contributed by atoms with van der Waals surface area (Å²) in [6, 6.07) is 8.90. The average molecular weight is 320 g/mol. The molecule has 4 nitrogen and oxygen atoms in total.